The zero-order valence-corrected chi connectivity index (χ0v) is 28.3. The van der Waals surface area contributed by atoms with Crippen molar-refractivity contribution in [2.75, 3.05) is 27.4 Å². The van der Waals surface area contributed by atoms with Crippen LogP contribution in [0, 0.1) is 5.82 Å². The van der Waals surface area contributed by atoms with Gasteiger partial charge in [0.25, 0.3) is 5.56 Å². The summed E-state index contributed by atoms with van der Waals surface area (Å²) >= 11 is 4.83. The number of nitrogens with zero attached hydrogens (tertiary/aromatic N) is 2. The first-order valence-corrected chi connectivity index (χ1v) is 16.1. The number of rotatable bonds is 11. The molecule has 2 heterocycles. The summed E-state index contributed by atoms with van der Waals surface area (Å²) in [4.78, 5) is 32.5. The molecule has 1 aromatic heterocycles. The summed E-state index contributed by atoms with van der Waals surface area (Å²) < 4.78 is 44.7. The van der Waals surface area contributed by atoms with Gasteiger partial charge in [0.05, 0.1) is 49.3 Å². The first-order valence-electron chi connectivity index (χ1n) is 14.4. The number of carbonyl (C=O) groups excluding carboxylic acids is 1. The van der Waals surface area contributed by atoms with Crippen LogP contribution in [0.4, 0.5) is 4.39 Å². The third kappa shape index (κ3) is 6.59. The summed E-state index contributed by atoms with van der Waals surface area (Å²) in [7, 11) is 3.03. The molecule has 0 N–H and O–H groups in total. The van der Waals surface area contributed by atoms with Gasteiger partial charge in [-0.2, -0.15) is 0 Å². The summed E-state index contributed by atoms with van der Waals surface area (Å²) in [5.74, 6) is 0.878. The third-order valence-electron chi connectivity index (χ3n) is 7.22. The minimum atomic E-state index is -0.861. The second kappa shape index (κ2) is 14.3. The summed E-state index contributed by atoms with van der Waals surface area (Å²) in [6.45, 7) is 5.91. The molecule has 0 fully saturated rings. The molecule has 0 amide bonds. The highest BCUT2D eigenvalue weighted by molar-refractivity contribution is 9.10. The summed E-state index contributed by atoms with van der Waals surface area (Å²) in [6, 6.07) is 14.2. The lowest BCUT2D eigenvalue weighted by molar-refractivity contribution is -0.139. The van der Waals surface area contributed by atoms with E-state index in [0.29, 0.717) is 65.8 Å². The highest BCUT2D eigenvalue weighted by atomic mass is 79.9. The number of halogens is 2. The van der Waals surface area contributed by atoms with E-state index in [1.165, 1.54) is 36.2 Å². The lowest BCUT2D eigenvalue weighted by Gasteiger charge is -2.26. The molecule has 0 radical (unpaired) electrons. The summed E-state index contributed by atoms with van der Waals surface area (Å²) in [5.41, 5.74) is 2.02. The average molecular weight is 712 g/mol. The van der Waals surface area contributed by atoms with E-state index in [-0.39, 0.29) is 30.2 Å². The van der Waals surface area contributed by atoms with Crippen molar-refractivity contribution in [2.45, 2.75) is 33.4 Å². The van der Waals surface area contributed by atoms with Crippen LogP contribution in [0.1, 0.15) is 43.5 Å². The molecule has 5 rings (SSSR count). The van der Waals surface area contributed by atoms with Gasteiger partial charge in [-0.1, -0.05) is 51.5 Å². The molecule has 0 saturated heterocycles. The predicted octanol–water partition coefficient (Wildman–Crippen LogP) is 5.69. The fraction of sp³-hybridized carbons (Fsp3) is 0.265. The van der Waals surface area contributed by atoms with E-state index in [2.05, 4.69) is 20.9 Å². The van der Waals surface area contributed by atoms with Crippen molar-refractivity contribution in [1.29, 1.82) is 0 Å². The number of aromatic nitrogens is 1. The second-order valence-electron chi connectivity index (χ2n) is 10.1. The molecule has 0 bridgehead atoms. The maximum Gasteiger partial charge on any atom is 0.338 e. The predicted molar refractivity (Wildman–Crippen MR) is 176 cm³/mol. The Bertz CT molecular complexity index is 2000. The summed E-state index contributed by atoms with van der Waals surface area (Å²) in [6.07, 6.45) is 1.72. The van der Waals surface area contributed by atoms with E-state index in [9.17, 15) is 14.0 Å². The van der Waals surface area contributed by atoms with Gasteiger partial charge in [-0.25, -0.2) is 14.2 Å². The van der Waals surface area contributed by atoms with Gasteiger partial charge in [0.15, 0.2) is 27.8 Å². The van der Waals surface area contributed by atoms with E-state index in [1.807, 2.05) is 6.92 Å². The first kappa shape index (κ1) is 33.0. The van der Waals surface area contributed by atoms with Gasteiger partial charge in [-0.3, -0.25) is 9.36 Å². The van der Waals surface area contributed by atoms with Crippen molar-refractivity contribution in [1.82, 2.24) is 4.57 Å². The van der Waals surface area contributed by atoms with Crippen LogP contribution in [-0.4, -0.2) is 38.0 Å². The Kier molecular flexibility index (Phi) is 10.3. The van der Waals surface area contributed by atoms with E-state index >= 15 is 0 Å². The molecule has 1 aliphatic heterocycles. The van der Waals surface area contributed by atoms with Crippen LogP contribution < -0.4 is 33.8 Å². The number of hydrogen-bond donors (Lipinski definition) is 0. The minimum Gasteiger partial charge on any atom is -0.493 e. The van der Waals surface area contributed by atoms with Gasteiger partial charge in [-0.05, 0) is 68.3 Å². The lowest BCUT2D eigenvalue weighted by Crippen LogP contribution is -2.40. The minimum absolute atomic E-state index is 0.0228. The van der Waals surface area contributed by atoms with Crippen LogP contribution in [0.2, 0.25) is 0 Å². The summed E-state index contributed by atoms with van der Waals surface area (Å²) in [5, 5.41) is 0. The van der Waals surface area contributed by atoms with Gasteiger partial charge >= 0.3 is 5.97 Å². The molecular formula is C34H32BrFN2O7S. The van der Waals surface area contributed by atoms with Crippen LogP contribution in [-0.2, 0) is 16.1 Å². The van der Waals surface area contributed by atoms with Crippen LogP contribution in [0.25, 0.3) is 6.08 Å². The molecule has 0 unspecified atom stereocenters. The maximum absolute atomic E-state index is 14.1. The van der Waals surface area contributed by atoms with Gasteiger partial charge in [0.2, 0.25) is 0 Å². The Morgan fingerprint density at radius 1 is 1.00 bits per heavy atom. The van der Waals surface area contributed by atoms with Crippen LogP contribution in [0.3, 0.4) is 0 Å². The molecule has 46 heavy (non-hydrogen) atoms. The number of thiazole rings is 1. The molecule has 4 aromatic rings. The molecule has 0 spiro atoms. The molecule has 1 atom stereocenters. The molecule has 9 nitrogen and oxygen atoms in total. The number of methoxy groups -OCH3 is 2. The zero-order chi connectivity index (χ0) is 33.0. The Morgan fingerprint density at radius 2 is 1.74 bits per heavy atom. The van der Waals surface area contributed by atoms with Gasteiger partial charge < -0.3 is 23.7 Å². The SMILES string of the molecule is CCOC(=O)C1=C(C)N=c2s/c(=C/c3ccc(OCc4ccccc4F)c(OC)c3)c(=O)n2[C@@H]1c1cc(OC)c(OCC)cc1Br. The largest absolute Gasteiger partial charge is 0.493 e. The van der Waals surface area contributed by atoms with E-state index in [4.69, 9.17) is 23.7 Å². The number of allylic oxidation sites excluding steroid dienone is 1. The number of hydrogen-bond acceptors (Lipinski definition) is 9. The third-order valence-corrected chi connectivity index (χ3v) is 8.89. The highest BCUT2D eigenvalue weighted by Crippen LogP contribution is 2.41. The van der Waals surface area contributed by atoms with E-state index < -0.39 is 12.0 Å². The van der Waals surface area contributed by atoms with Gasteiger partial charge in [0.1, 0.15) is 12.4 Å². The molecule has 1 aliphatic rings. The standard InChI is InChI=1S/C34H32BrFN2O7S/c1-6-43-28-17-23(35)22(16-27(28)42-5)31-30(33(40)44-7-2)19(3)37-34-38(31)32(39)29(46-34)15-20-12-13-25(26(14-20)41-4)45-18-21-10-8-9-11-24(21)36/h8-17,31H,6-7,18H2,1-5H3/b29-15+/t31-/m1/s1. The molecule has 3 aromatic carbocycles. The van der Waals surface area contributed by atoms with Gasteiger partial charge in [0, 0.05) is 10.0 Å². The lowest BCUT2D eigenvalue weighted by atomic mass is 9.95. The van der Waals surface area contributed by atoms with Gasteiger partial charge in [-0.15, -0.1) is 0 Å². The average Bonchev–Trinajstić information content (AvgIpc) is 3.34. The quantitative estimate of drug-likeness (QED) is 0.185. The van der Waals surface area contributed by atoms with Crippen molar-refractivity contribution < 1.29 is 32.9 Å². The zero-order valence-electron chi connectivity index (χ0n) is 25.9. The fourth-order valence-corrected chi connectivity index (χ4v) is 6.68. The Hall–Kier alpha value is -4.42. The smallest absolute Gasteiger partial charge is 0.338 e. The molecule has 0 aliphatic carbocycles. The number of fused-ring (bicyclic) bond motifs is 1. The van der Waals surface area contributed by atoms with Crippen LogP contribution in [0.5, 0.6) is 23.0 Å². The maximum atomic E-state index is 14.1. The Balaban J connectivity index is 1.60. The highest BCUT2D eigenvalue weighted by Gasteiger charge is 2.35. The van der Waals surface area contributed by atoms with Crippen molar-refractivity contribution >= 4 is 39.3 Å². The molecule has 240 valence electrons. The Morgan fingerprint density at radius 3 is 2.43 bits per heavy atom. The van der Waals surface area contributed by atoms with Crippen LogP contribution >= 0.6 is 27.3 Å². The van der Waals surface area contributed by atoms with E-state index in [0.717, 1.165) is 0 Å². The van der Waals surface area contributed by atoms with Crippen LogP contribution in [0.15, 0.2) is 80.1 Å². The van der Waals surface area contributed by atoms with E-state index in [1.54, 1.807) is 68.5 Å². The topological polar surface area (TPSA) is 97.6 Å². The van der Waals surface area contributed by atoms with Crippen molar-refractivity contribution in [3.8, 4) is 23.0 Å². The number of carbonyl (C=O) groups is 1. The Labute approximate surface area is 277 Å². The second-order valence-corrected chi connectivity index (χ2v) is 11.9. The number of benzene rings is 3. The first-order chi connectivity index (χ1) is 22.2. The number of esters is 1. The molecular weight excluding hydrogens is 679 g/mol. The monoisotopic (exact) mass is 710 g/mol. The molecule has 12 heteroatoms. The number of ether oxygens (including phenoxy) is 5. The van der Waals surface area contributed by atoms with Crippen molar-refractivity contribution in [3.63, 3.8) is 0 Å². The normalized spacial score (nSPS) is 14.4. The van der Waals surface area contributed by atoms with Crippen molar-refractivity contribution in [3.05, 3.63) is 113 Å². The molecule has 0 saturated carbocycles. The van der Waals surface area contributed by atoms with Crippen molar-refractivity contribution in [2.24, 2.45) is 4.99 Å². The fourth-order valence-electron chi connectivity index (χ4n) is 5.09.